The number of aliphatic carboxylic acids is 1. The lowest BCUT2D eigenvalue weighted by atomic mass is 10.1. The van der Waals surface area contributed by atoms with E-state index in [9.17, 15) is 14.9 Å². The summed E-state index contributed by atoms with van der Waals surface area (Å²) in [6.45, 7) is 3.76. The summed E-state index contributed by atoms with van der Waals surface area (Å²) in [5, 5.41) is 21.2. The first-order valence-corrected chi connectivity index (χ1v) is 9.12. The zero-order chi connectivity index (χ0) is 22.1. The van der Waals surface area contributed by atoms with Crippen molar-refractivity contribution in [3.63, 3.8) is 0 Å². The number of amides is 1. The molecule has 0 spiro atoms. The van der Waals surface area contributed by atoms with Crippen molar-refractivity contribution in [3.8, 4) is 23.3 Å². The van der Waals surface area contributed by atoms with E-state index in [-0.39, 0.29) is 17.1 Å². The number of hydrogen-bond donors (Lipinski definition) is 2. The van der Waals surface area contributed by atoms with E-state index in [4.69, 9.17) is 19.3 Å². The highest BCUT2D eigenvalue weighted by Crippen LogP contribution is 2.33. The number of nitrogens with zero attached hydrogens (tertiary/aromatic N) is 1. The second-order valence-corrected chi connectivity index (χ2v) is 6.06. The Morgan fingerprint density at radius 1 is 1.23 bits per heavy atom. The molecule has 0 aromatic heterocycles. The van der Waals surface area contributed by atoms with E-state index in [1.807, 2.05) is 13.0 Å². The number of ether oxygens (including phenoxy) is 3. The molecule has 2 N–H and O–H groups in total. The summed E-state index contributed by atoms with van der Waals surface area (Å²) in [5.74, 6) is -0.721. The fraction of sp³-hybridized carbons (Fsp3) is 0.227. The average Bonchev–Trinajstić information content (AvgIpc) is 2.74. The molecule has 8 heteroatoms. The van der Waals surface area contributed by atoms with Gasteiger partial charge in [-0.15, -0.1) is 0 Å². The van der Waals surface area contributed by atoms with Crippen molar-refractivity contribution in [3.05, 3.63) is 53.6 Å². The predicted molar refractivity (Wildman–Crippen MR) is 111 cm³/mol. The van der Waals surface area contributed by atoms with Crippen LogP contribution in [0.5, 0.6) is 17.2 Å². The van der Waals surface area contributed by atoms with Crippen LogP contribution in [-0.4, -0.2) is 36.8 Å². The normalized spacial score (nSPS) is 11.7. The molecular weight excluding hydrogens is 388 g/mol. The quantitative estimate of drug-likeness (QED) is 0.480. The second-order valence-electron chi connectivity index (χ2n) is 6.06. The van der Waals surface area contributed by atoms with Crippen LogP contribution in [0.4, 0.5) is 5.69 Å². The molecule has 0 aliphatic heterocycles. The van der Waals surface area contributed by atoms with Crippen LogP contribution in [0.15, 0.2) is 48.0 Å². The number of nitrogens with one attached hydrogen (secondary N) is 1. The van der Waals surface area contributed by atoms with Gasteiger partial charge in [0, 0.05) is 11.3 Å². The molecule has 0 aliphatic rings. The Balaban J connectivity index is 2.31. The van der Waals surface area contributed by atoms with Gasteiger partial charge in [0.2, 0.25) is 0 Å². The molecule has 0 heterocycles. The van der Waals surface area contributed by atoms with Crippen molar-refractivity contribution >= 4 is 23.6 Å². The van der Waals surface area contributed by atoms with Crippen LogP contribution in [0, 0.1) is 11.3 Å². The van der Waals surface area contributed by atoms with Crippen LogP contribution in [0.1, 0.15) is 19.4 Å². The Bertz CT molecular complexity index is 976. The van der Waals surface area contributed by atoms with E-state index >= 15 is 0 Å². The molecular formula is C22H22N2O6. The number of carboxylic acids is 1. The standard InChI is InChI=1S/C22H22N2O6/c1-4-29-18-10-8-17(9-11-18)24-21(25)16(13-23)12-15-6-5-7-19(28-3)20(15)30-14(2)22(26)27/h5-12,14H,4H2,1-3H3,(H,24,25)(H,26,27)/b16-12-/t14-/m0/s1. The minimum atomic E-state index is -1.16. The molecule has 0 unspecified atom stereocenters. The number of nitriles is 1. The van der Waals surface area contributed by atoms with Crippen LogP contribution in [0.3, 0.4) is 0 Å². The summed E-state index contributed by atoms with van der Waals surface area (Å²) < 4.78 is 16.1. The van der Waals surface area contributed by atoms with Gasteiger partial charge in [-0.2, -0.15) is 5.26 Å². The lowest BCUT2D eigenvalue weighted by molar-refractivity contribution is -0.144. The first-order chi connectivity index (χ1) is 14.4. The van der Waals surface area contributed by atoms with Gasteiger partial charge in [0.15, 0.2) is 17.6 Å². The number of carbonyl (C=O) groups excluding carboxylic acids is 1. The van der Waals surface area contributed by atoms with Crippen LogP contribution in [-0.2, 0) is 9.59 Å². The zero-order valence-electron chi connectivity index (χ0n) is 16.8. The molecule has 2 rings (SSSR count). The average molecular weight is 410 g/mol. The van der Waals surface area contributed by atoms with Gasteiger partial charge >= 0.3 is 5.97 Å². The molecule has 2 aromatic carbocycles. The van der Waals surface area contributed by atoms with Crippen molar-refractivity contribution in [2.75, 3.05) is 19.0 Å². The van der Waals surface area contributed by atoms with Crippen LogP contribution in [0.25, 0.3) is 6.08 Å². The molecule has 2 aromatic rings. The van der Waals surface area contributed by atoms with Gasteiger partial charge in [0.05, 0.1) is 13.7 Å². The van der Waals surface area contributed by atoms with Gasteiger partial charge in [0.25, 0.3) is 5.91 Å². The van der Waals surface area contributed by atoms with E-state index in [1.165, 1.54) is 20.1 Å². The second kappa shape index (κ2) is 10.5. The maximum Gasteiger partial charge on any atom is 0.344 e. The van der Waals surface area contributed by atoms with Crippen molar-refractivity contribution in [2.24, 2.45) is 0 Å². The molecule has 0 saturated carbocycles. The summed E-state index contributed by atoms with van der Waals surface area (Å²) in [6.07, 6.45) is 0.160. The summed E-state index contributed by atoms with van der Waals surface area (Å²) >= 11 is 0. The van der Waals surface area contributed by atoms with Crippen molar-refractivity contribution in [1.82, 2.24) is 0 Å². The summed E-state index contributed by atoms with van der Waals surface area (Å²) in [5.41, 5.74) is 0.636. The Morgan fingerprint density at radius 2 is 1.93 bits per heavy atom. The number of carboxylic acid groups (broad SMARTS) is 1. The largest absolute Gasteiger partial charge is 0.494 e. The molecule has 30 heavy (non-hydrogen) atoms. The topological polar surface area (TPSA) is 118 Å². The molecule has 1 atom stereocenters. The number of rotatable bonds is 9. The van der Waals surface area contributed by atoms with Gasteiger partial charge in [-0.05, 0) is 50.3 Å². The summed E-state index contributed by atoms with van der Waals surface area (Å²) in [4.78, 5) is 23.7. The Hall–Kier alpha value is -3.99. The minimum Gasteiger partial charge on any atom is -0.494 e. The maximum atomic E-state index is 12.6. The summed E-state index contributed by atoms with van der Waals surface area (Å²) in [6, 6.07) is 13.4. The van der Waals surface area contributed by atoms with E-state index < -0.39 is 18.0 Å². The fourth-order valence-electron chi connectivity index (χ4n) is 2.46. The molecule has 0 radical (unpaired) electrons. The number of benzene rings is 2. The fourth-order valence-corrected chi connectivity index (χ4v) is 2.46. The van der Waals surface area contributed by atoms with Crippen molar-refractivity contribution < 1.29 is 28.9 Å². The molecule has 0 fully saturated rings. The highest BCUT2D eigenvalue weighted by Gasteiger charge is 2.19. The van der Waals surface area contributed by atoms with Crippen LogP contribution in [0.2, 0.25) is 0 Å². The van der Waals surface area contributed by atoms with Gasteiger partial charge < -0.3 is 24.6 Å². The molecule has 1 amide bonds. The smallest absolute Gasteiger partial charge is 0.344 e. The van der Waals surface area contributed by atoms with Gasteiger partial charge in [-0.3, -0.25) is 4.79 Å². The maximum absolute atomic E-state index is 12.6. The highest BCUT2D eigenvalue weighted by molar-refractivity contribution is 6.09. The van der Waals surface area contributed by atoms with Gasteiger partial charge in [0.1, 0.15) is 17.4 Å². The SMILES string of the molecule is CCOc1ccc(NC(=O)/C(C#N)=C\c2cccc(OC)c2O[C@@H](C)C(=O)O)cc1. The van der Waals surface area contributed by atoms with Gasteiger partial charge in [-0.1, -0.05) is 12.1 Å². The van der Waals surface area contributed by atoms with E-state index in [2.05, 4.69) is 5.32 Å². The lowest BCUT2D eigenvalue weighted by Gasteiger charge is -2.16. The monoisotopic (exact) mass is 410 g/mol. The van der Waals surface area contributed by atoms with Crippen molar-refractivity contribution in [1.29, 1.82) is 5.26 Å². The molecule has 8 nitrogen and oxygen atoms in total. The van der Waals surface area contributed by atoms with Crippen LogP contribution >= 0.6 is 0 Å². The first-order valence-electron chi connectivity index (χ1n) is 9.12. The number of carbonyl (C=O) groups is 2. The number of anilines is 1. The van der Waals surface area contributed by atoms with Crippen molar-refractivity contribution in [2.45, 2.75) is 20.0 Å². The Kier molecular flexibility index (Phi) is 7.82. The molecule has 0 aliphatic carbocycles. The molecule has 0 bridgehead atoms. The Morgan fingerprint density at radius 3 is 2.50 bits per heavy atom. The third kappa shape index (κ3) is 5.75. The van der Waals surface area contributed by atoms with E-state index in [0.29, 0.717) is 23.6 Å². The zero-order valence-corrected chi connectivity index (χ0v) is 16.8. The minimum absolute atomic E-state index is 0.122. The Labute approximate surface area is 174 Å². The third-order valence-corrected chi connectivity index (χ3v) is 3.96. The highest BCUT2D eigenvalue weighted by atomic mass is 16.5. The summed E-state index contributed by atoms with van der Waals surface area (Å²) in [7, 11) is 1.41. The van der Waals surface area contributed by atoms with E-state index in [1.54, 1.807) is 42.5 Å². The van der Waals surface area contributed by atoms with Crippen LogP contribution < -0.4 is 19.5 Å². The van der Waals surface area contributed by atoms with E-state index in [0.717, 1.165) is 0 Å². The molecule has 156 valence electrons. The number of methoxy groups -OCH3 is 1. The van der Waals surface area contributed by atoms with Gasteiger partial charge in [-0.25, -0.2) is 4.79 Å². The number of para-hydroxylation sites is 1. The molecule has 0 saturated heterocycles. The number of hydrogen-bond acceptors (Lipinski definition) is 6. The lowest BCUT2D eigenvalue weighted by Crippen LogP contribution is -2.23. The predicted octanol–water partition coefficient (Wildman–Crippen LogP) is 3.49. The first kappa shape index (κ1) is 22.3. The third-order valence-electron chi connectivity index (χ3n) is 3.96.